The molecular formula is C12H6Cl5NO4. The van der Waals surface area contributed by atoms with E-state index in [1.165, 1.54) is 25.5 Å². The summed E-state index contributed by atoms with van der Waals surface area (Å²) in [6, 6.07) is 2.91. The second-order valence-electron chi connectivity index (χ2n) is 3.79. The molecule has 22 heavy (non-hydrogen) atoms. The van der Waals surface area contributed by atoms with Crippen molar-refractivity contribution in [1.82, 2.24) is 4.98 Å². The normalized spacial score (nSPS) is 11.4. The third-order valence-electron chi connectivity index (χ3n) is 2.39. The zero-order valence-corrected chi connectivity index (χ0v) is 14.5. The van der Waals surface area contributed by atoms with Gasteiger partial charge >= 0.3 is 5.97 Å². The summed E-state index contributed by atoms with van der Waals surface area (Å²) in [6.45, 7) is 0. The molecule has 0 aliphatic rings. The quantitative estimate of drug-likeness (QED) is 0.529. The Kier molecular flexibility index (Phi) is 5.35. The molecule has 0 radical (unpaired) electrons. The number of nitrogens with zero attached hydrogens (tertiary/aromatic N) is 1. The fourth-order valence-electron chi connectivity index (χ4n) is 1.45. The molecule has 2 rings (SSSR count). The van der Waals surface area contributed by atoms with Gasteiger partial charge in [-0.15, -0.1) is 0 Å². The van der Waals surface area contributed by atoms with E-state index in [0.717, 1.165) is 0 Å². The fraction of sp³-hybridized carbons (Fsp3) is 0.167. The standard InChI is InChI=1S/C12H6Cl5NO4/c1-20-10-7(14)8(6(13)9(18-10)12(15,16)17)22-11(19)5-3-2-4-21-5/h2-4H,1H3. The van der Waals surface area contributed by atoms with E-state index in [-0.39, 0.29) is 33.1 Å². The smallest absolute Gasteiger partial charge is 0.379 e. The van der Waals surface area contributed by atoms with E-state index >= 15 is 0 Å². The Hall–Kier alpha value is -0.850. The van der Waals surface area contributed by atoms with Crippen LogP contribution in [0.5, 0.6) is 11.6 Å². The summed E-state index contributed by atoms with van der Waals surface area (Å²) in [7, 11) is 1.29. The maximum absolute atomic E-state index is 11.9. The lowest BCUT2D eigenvalue weighted by molar-refractivity contribution is 0.0701. The predicted molar refractivity (Wildman–Crippen MR) is 83.7 cm³/mol. The molecule has 2 heterocycles. The summed E-state index contributed by atoms with van der Waals surface area (Å²) in [6.07, 6.45) is 1.31. The maximum Gasteiger partial charge on any atom is 0.379 e. The van der Waals surface area contributed by atoms with Gasteiger partial charge in [0, 0.05) is 0 Å². The number of furan rings is 1. The number of alkyl halides is 3. The van der Waals surface area contributed by atoms with E-state index in [4.69, 9.17) is 71.9 Å². The topological polar surface area (TPSA) is 61.6 Å². The van der Waals surface area contributed by atoms with Gasteiger partial charge in [-0.1, -0.05) is 58.0 Å². The third kappa shape index (κ3) is 3.55. The number of hydrogen-bond acceptors (Lipinski definition) is 5. The number of halogens is 5. The van der Waals surface area contributed by atoms with Gasteiger partial charge in [-0.05, 0) is 12.1 Å². The largest absolute Gasteiger partial charge is 0.480 e. The predicted octanol–water partition coefficient (Wildman–Crippen LogP) is 5.04. The molecule has 0 saturated carbocycles. The van der Waals surface area contributed by atoms with Crippen LogP contribution in [-0.4, -0.2) is 18.1 Å². The average molecular weight is 405 g/mol. The molecule has 0 saturated heterocycles. The number of aromatic nitrogens is 1. The number of carbonyl (C=O) groups is 1. The summed E-state index contributed by atoms with van der Waals surface area (Å²) in [5.74, 6) is -1.26. The highest BCUT2D eigenvalue weighted by Gasteiger charge is 2.33. The molecule has 0 atom stereocenters. The van der Waals surface area contributed by atoms with E-state index in [1.807, 2.05) is 0 Å². The van der Waals surface area contributed by atoms with E-state index < -0.39 is 9.76 Å². The van der Waals surface area contributed by atoms with Gasteiger partial charge in [0.25, 0.3) is 0 Å². The summed E-state index contributed by atoms with van der Waals surface area (Å²) in [5.41, 5.74) is -0.192. The Morgan fingerprint density at radius 3 is 2.45 bits per heavy atom. The Labute approximate surface area is 150 Å². The summed E-state index contributed by atoms with van der Waals surface area (Å²) in [5, 5.41) is -0.379. The highest BCUT2D eigenvalue weighted by molar-refractivity contribution is 6.67. The number of pyridine rings is 1. The van der Waals surface area contributed by atoms with E-state index in [0.29, 0.717) is 0 Å². The van der Waals surface area contributed by atoms with Crippen molar-refractivity contribution in [2.75, 3.05) is 7.11 Å². The molecule has 0 bridgehead atoms. The van der Waals surface area contributed by atoms with E-state index in [1.54, 1.807) is 0 Å². The first-order valence-electron chi connectivity index (χ1n) is 5.51. The highest BCUT2D eigenvalue weighted by Crippen LogP contribution is 2.48. The van der Waals surface area contributed by atoms with Crippen molar-refractivity contribution in [2.45, 2.75) is 3.79 Å². The summed E-state index contributed by atoms with van der Waals surface area (Å²) >= 11 is 29.4. The van der Waals surface area contributed by atoms with Gasteiger partial charge < -0.3 is 13.9 Å². The summed E-state index contributed by atoms with van der Waals surface area (Å²) < 4.78 is 13.0. The first-order chi connectivity index (χ1) is 10.3. The average Bonchev–Trinajstić information content (AvgIpc) is 2.96. The van der Waals surface area contributed by atoms with Gasteiger partial charge in [-0.25, -0.2) is 9.78 Å². The minimum Gasteiger partial charge on any atom is -0.480 e. The monoisotopic (exact) mass is 403 g/mol. The molecule has 2 aromatic rings. The lowest BCUT2D eigenvalue weighted by Crippen LogP contribution is -2.12. The molecule has 0 fully saturated rings. The van der Waals surface area contributed by atoms with Crippen LogP contribution in [0.25, 0.3) is 0 Å². The van der Waals surface area contributed by atoms with Gasteiger partial charge in [0.2, 0.25) is 15.4 Å². The Bertz CT molecular complexity index is 697. The second-order valence-corrected chi connectivity index (χ2v) is 6.83. The Balaban J connectivity index is 2.52. The lowest BCUT2D eigenvalue weighted by Gasteiger charge is -2.17. The molecule has 0 aromatic carbocycles. The molecule has 2 aromatic heterocycles. The number of ether oxygens (including phenoxy) is 2. The Morgan fingerprint density at radius 1 is 1.27 bits per heavy atom. The van der Waals surface area contributed by atoms with E-state index in [9.17, 15) is 4.79 Å². The van der Waals surface area contributed by atoms with Gasteiger partial charge in [0.15, 0.2) is 5.75 Å². The van der Waals surface area contributed by atoms with Crippen molar-refractivity contribution in [2.24, 2.45) is 0 Å². The fourth-order valence-corrected chi connectivity index (χ4v) is 2.62. The number of esters is 1. The van der Waals surface area contributed by atoms with Crippen LogP contribution in [0, 0.1) is 0 Å². The zero-order chi connectivity index (χ0) is 16.5. The zero-order valence-electron chi connectivity index (χ0n) is 10.7. The third-order valence-corrected chi connectivity index (χ3v) is 3.61. The minimum absolute atomic E-state index is 0.0571. The molecule has 0 spiro atoms. The highest BCUT2D eigenvalue weighted by atomic mass is 35.6. The van der Waals surface area contributed by atoms with Crippen molar-refractivity contribution in [3.63, 3.8) is 0 Å². The number of methoxy groups -OCH3 is 1. The number of hydrogen-bond donors (Lipinski definition) is 0. The molecule has 0 aliphatic heterocycles. The van der Waals surface area contributed by atoms with Gasteiger partial charge in [-0.3, -0.25) is 0 Å². The summed E-state index contributed by atoms with van der Waals surface area (Å²) in [4.78, 5) is 15.8. The molecule has 10 heteroatoms. The van der Waals surface area contributed by atoms with Crippen LogP contribution < -0.4 is 9.47 Å². The van der Waals surface area contributed by atoms with Crippen LogP contribution in [0.3, 0.4) is 0 Å². The van der Waals surface area contributed by atoms with Crippen molar-refractivity contribution in [1.29, 1.82) is 0 Å². The second kappa shape index (κ2) is 6.72. The van der Waals surface area contributed by atoms with Gasteiger partial charge in [0.1, 0.15) is 15.7 Å². The van der Waals surface area contributed by atoms with Crippen LogP contribution in [0.4, 0.5) is 0 Å². The van der Waals surface area contributed by atoms with Crippen molar-refractivity contribution < 1.29 is 18.7 Å². The van der Waals surface area contributed by atoms with Crippen molar-refractivity contribution in [3.8, 4) is 11.6 Å². The van der Waals surface area contributed by atoms with Crippen LogP contribution in [0.2, 0.25) is 10.0 Å². The van der Waals surface area contributed by atoms with Crippen molar-refractivity contribution in [3.05, 3.63) is 39.9 Å². The van der Waals surface area contributed by atoms with Crippen LogP contribution in [-0.2, 0) is 3.79 Å². The maximum atomic E-state index is 11.9. The SMILES string of the molecule is COc1nc(C(Cl)(Cl)Cl)c(Cl)c(OC(=O)c2ccco2)c1Cl. The number of carbonyl (C=O) groups excluding carboxylic acids is 1. The van der Waals surface area contributed by atoms with Crippen LogP contribution >= 0.6 is 58.0 Å². The van der Waals surface area contributed by atoms with E-state index in [2.05, 4.69) is 4.98 Å². The Morgan fingerprint density at radius 2 is 1.95 bits per heavy atom. The lowest BCUT2D eigenvalue weighted by atomic mass is 10.3. The van der Waals surface area contributed by atoms with Crippen LogP contribution in [0.15, 0.2) is 22.8 Å². The molecule has 0 N–H and O–H groups in total. The van der Waals surface area contributed by atoms with Crippen molar-refractivity contribution >= 4 is 64.0 Å². The molecule has 0 unspecified atom stereocenters. The first-order valence-corrected chi connectivity index (χ1v) is 7.40. The van der Waals surface area contributed by atoms with Gasteiger partial charge in [-0.2, -0.15) is 0 Å². The molecule has 0 aliphatic carbocycles. The minimum atomic E-state index is -1.97. The van der Waals surface area contributed by atoms with Gasteiger partial charge in [0.05, 0.1) is 13.4 Å². The molecular weight excluding hydrogens is 399 g/mol. The molecule has 118 valence electrons. The molecule has 0 amide bonds. The molecule has 5 nitrogen and oxygen atoms in total. The first kappa shape index (κ1) is 17.5. The van der Waals surface area contributed by atoms with Crippen LogP contribution in [0.1, 0.15) is 16.2 Å². The number of rotatable bonds is 3.